The molecule has 6 heteroatoms. The number of benzene rings is 1. The smallest absolute Gasteiger partial charge is 0.181 e. The Hall–Kier alpha value is -1.66. The number of halogens is 2. The van der Waals surface area contributed by atoms with Crippen LogP contribution in [0.1, 0.15) is 0 Å². The van der Waals surface area contributed by atoms with Gasteiger partial charge < -0.3 is 10.3 Å². The topological polar surface area (TPSA) is 52.0 Å². The SMILES string of the molecule is Nc1noc(-c2c(F)cccc2Br)c1-c1cccs1. The summed E-state index contributed by atoms with van der Waals surface area (Å²) in [6.07, 6.45) is 0. The zero-order valence-corrected chi connectivity index (χ0v) is 12.0. The minimum absolute atomic E-state index is 0.257. The van der Waals surface area contributed by atoms with Crippen molar-refractivity contribution in [3.63, 3.8) is 0 Å². The van der Waals surface area contributed by atoms with Crippen molar-refractivity contribution >= 4 is 33.1 Å². The lowest BCUT2D eigenvalue weighted by molar-refractivity contribution is 0.433. The molecule has 2 N–H and O–H groups in total. The number of nitrogens with two attached hydrogens (primary N) is 1. The highest BCUT2D eigenvalue weighted by Crippen LogP contribution is 2.42. The maximum atomic E-state index is 14.0. The number of nitrogens with zero attached hydrogens (tertiary/aromatic N) is 1. The lowest BCUT2D eigenvalue weighted by atomic mass is 10.1. The molecule has 2 heterocycles. The fourth-order valence-corrected chi connectivity index (χ4v) is 3.14. The average Bonchev–Trinajstić information content (AvgIpc) is 2.99. The van der Waals surface area contributed by atoms with Crippen LogP contribution in [-0.4, -0.2) is 5.16 Å². The first-order valence-corrected chi connectivity index (χ1v) is 7.09. The van der Waals surface area contributed by atoms with E-state index in [0.29, 0.717) is 21.4 Å². The summed E-state index contributed by atoms with van der Waals surface area (Å²) in [4.78, 5) is 0.893. The summed E-state index contributed by atoms with van der Waals surface area (Å²) in [6, 6.07) is 8.53. The molecule has 0 bridgehead atoms. The molecule has 3 rings (SSSR count). The number of hydrogen-bond donors (Lipinski definition) is 1. The maximum absolute atomic E-state index is 14.0. The molecule has 3 nitrogen and oxygen atoms in total. The summed E-state index contributed by atoms with van der Waals surface area (Å²) in [5.74, 6) is 0.209. The van der Waals surface area contributed by atoms with Crippen LogP contribution < -0.4 is 5.73 Å². The van der Waals surface area contributed by atoms with Gasteiger partial charge in [0.1, 0.15) is 5.82 Å². The number of aromatic nitrogens is 1. The maximum Gasteiger partial charge on any atom is 0.181 e. The molecule has 1 aromatic carbocycles. The van der Waals surface area contributed by atoms with Gasteiger partial charge in [0, 0.05) is 9.35 Å². The van der Waals surface area contributed by atoms with Gasteiger partial charge in [-0.3, -0.25) is 0 Å². The van der Waals surface area contributed by atoms with Crippen molar-refractivity contribution in [2.24, 2.45) is 0 Å². The van der Waals surface area contributed by atoms with Gasteiger partial charge in [-0.15, -0.1) is 11.3 Å². The lowest BCUT2D eigenvalue weighted by Crippen LogP contribution is -1.89. The van der Waals surface area contributed by atoms with Gasteiger partial charge in [-0.2, -0.15) is 0 Å². The molecule has 0 amide bonds. The summed E-state index contributed by atoms with van der Waals surface area (Å²) >= 11 is 4.82. The minimum atomic E-state index is -0.386. The van der Waals surface area contributed by atoms with Crippen LogP contribution in [0.5, 0.6) is 0 Å². The fourth-order valence-electron chi connectivity index (χ4n) is 1.85. The first-order chi connectivity index (χ1) is 9.18. The number of nitrogen functional groups attached to an aromatic ring is 1. The molecule has 3 aromatic rings. The van der Waals surface area contributed by atoms with E-state index in [1.807, 2.05) is 17.5 Å². The zero-order chi connectivity index (χ0) is 13.4. The van der Waals surface area contributed by atoms with E-state index < -0.39 is 0 Å². The number of anilines is 1. The van der Waals surface area contributed by atoms with Gasteiger partial charge in [-0.05, 0) is 39.5 Å². The zero-order valence-electron chi connectivity index (χ0n) is 9.56. The molecular formula is C13H8BrFN2OS. The van der Waals surface area contributed by atoms with Gasteiger partial charge in [-0.25, -0.2) is 4.39 Å². The van der Waals surface area contributed by atoms with Gasteiger partial charge in [0.05, 0.1) is 11.1 Å². The van der Waals surface area contributed by atoms with Gasteiger partial charge in [0.25, 0.3) is 0 Å². The molecule has 0 saturated carbocycles. The molecule has 2 aromatic heterocycles. The molecule has 96 valence electrons. The van der Waals surface area contributed by atoms with Gasteiger partial charge in [0.2, 0.25) is 0 Å². The van der Waals surface area contributed by atoms with E-state index >= 15 is 0 Å². The Morgan fingerprint density at radius 1 is 1.21 bits per heavy atom. The van der Waals surface area contributed by atoms with E-state index in [-0.39, 0.29) is 11.6 Å². The van der Waals surface area contributed by atoms with Crippen molar-refractivity contribution in [1.29, 1.82) is 0 Å². The summed E-state index contributed by atoms with van der Waals surface area (Å²) in [6.45, 7) is 0. The standard InChI is InChI=1S/C13H8BrFN2OS/c14-7-3-1-4-8(15)10(7)12-11(13(16)17-18-12)9-5-2-6-19-9/h1-6H,(H2,16,17). The van der Waals surface area contributed by atoms with Gasteiger partial charge >= 0.3 is 0 Å². The van der Waals surface area contributed by atoms with Crippen molar-refractivity contribution in [2.75, 3.05) is 5.73 Å². The van der Waals surface area contributed by atoms with E-state index in [1.54, 1.807) is 12.1 Å². The molecule has 0 fully saturated rings. The van der Waals surface area contributed by atoms with E-state index in [0.717, 1.165) is 4.88 Å². The van der Waals surface area contributed by atoms with Crippen LogP contribution in [0.4, 0.5) is 10.2 Å². The van der Waals surface area contributed by atoms with Crippen LogP contribution in [0.15, 0.2) is 44.7 Å². The van der Waals surface area contributed by atoms with Crippen LogP contribution in [-0.2, 0) is 0 Å². The first kappa shape index (κ1) is 12.4. The Bertz CT molecular complexity index is 704. The van der Waals surface area contributed by atoms with Crippen LogP contribution >= 0.6 is 27.3 Å². The Kier molecular flexibility index (Phi) is 3.12. The predicted molar refractivity (Wildman–Crippen MR) is 77.3 cm³/mol. The summed E-state index contributed by atoms with van der Waals surface area (Å²) in [5.41, 5.74) is 6.79. The fraction of sp³-hybridized carbons (Fsp3) is 0. The quantitative estimate of drug-likeness (QED) is 0.745. The van der Waals surface area contributed by atoms with Crippen molar-refractivity contribution in [1.82, 2.24) is 5.16 Å². The summed E-state index contributed by atoms with van der Waals surface area (Å²) in [7, 11) is 0. The largest absolute Gasteiger partial charge is 0.380 e. The molecule has 0 unspecified atom stereocenters. The van der Waals surface area contributed by atoms with E-state index in [9.17, 15) is 4.39 Å². The molecule has 0 saturated heterocycles. The second-order valence-electron chi connectivity index (χ2n) is 3.85. The Labute approximate surface area is 121 Å². The summed E-state index contributed by atoms with van der Waals surface area (Å²) < 4.78 is 19.8. The van der Waals surface area contributed by atoms with Crippen molar-refractivity contribution in [3.8, 4) is 21.8 Å². The molecule has 0 aliphatic heterocycles. The molecule has 0 aliphatic carbocycles. The van der Waals surface area contributed by atoms with Gasteiger partial charge in [0.15, 0.2) is 11.6 Å². The number of rotatable bonds is 2. The van der Waals surface area contributed by atoms with Crippen LogP contribution in [0.3, 0.4) is 0 Å². The molecule has 19 heavy (non-hydrogen) atoms. The third-order valence-electron chi connectivity index (χ3n) is 2.68. The normalized spacial score (nSPS) is 10.8. The van der Waals surface area contributed by atoms with E-state index in [1.165, 1.54) is 17.4 Å². The lowest BCUT2D eigenvalue weighted by Gasteiger charge is -2.04. The van der Waals surface area contributed by atoms with Gasteiger partial charge in [-0.1, -0.05) is 17.3 Å². The third-order valence-corrected chi connectivity index (χ3v) is 4.22. The monoisotopic (exact) mass is 338 g/mol. The van der Waals surface area contributed by atoms with Crippen LogP contribution in [0.25, 0.3) is 21.8 Å². The highest BCUT2D eigenvalue weighted by molar-refractivity contribution is 9.10. The number of thiophene rings is 1. The molecular weight excluding hydrogens is 331 g/mol. The Balaban J connectivity index is 2.28. The van der Waals surface area contributed by atoms with Crippen molar-refractivity contribution in [2.45, 2.75) is 0 Å². The predicted octanol–water partition coefficient (Wildman–Crippen LogP) is 4.55. The highest BCUT2D eigenvalue weighted by atomic mass is 79.9. The first-order valence-electron chi connectivity index (χ1n) is 5.42. The van der Waals surface area contributed by atoms with Crippen LogP contribution in [0, 0.1) is 5.82 Å². The Morgan fingerprint density at radius 2 is 2.05 bits per heavy atom. The van der Waals surface area contributed by atoms with Crippen molar-refractivity contribution in [3.05, 3.63) is 46.0 Å². The molecule has 0 aliphatic rings. The van der Waals surface area contributed by atoms with Crippen molar-refractivity contribution < 1.29 is 8.91 Å². The van der Waals surface area contributed by atoms with Crippen LogP contribution in [0.2, 0.25) is 0 Å². The third kappa shape index (κ3) is 2.06. The average molecular weight is 339 g/mol. The highest BCUT2D eigenvalue weighted by Gasteiger charge is 2.22. The second kappa shape index (κ2) is 4.79. The van der Waals surface area contributed by atoms with E-state index in [4.69, 9.17) is 10.3 Å². The minimum Gasteiger partial charge on any atom is -0.380 e. The summed E-state index contributed by atoms with van der Waals surface area (Å²) in [5, 5.41) is 5.67. The second-order valence-corrected chi connectivity index (χ2v) is 5.65. The van der Waals surface area contributed by atoms with E-state index in [2.05, 4.69) is 21.1 Å². The molecule has 0 radical (unpaired) electrons. The molecule has 0 atom stereocenters. The molecule has 0 spiro atoms. The number of hydrogen-bond acceptors (Lipinski definition) is 4. The Morgan fingerprint density at radius 3 is 2.74 bits per heavy atom.